The minimum Gasteiger partial charge on any atom is -0.423 e. The van der Waals surface area contributed by atoms with Crippen molar-refractivity contribution in [2.24, 2.45) is 0 Å². The van der Waals surface area contributed by atoms with Gasteiger partial charge in [0, 0.05) is 17.5 Å². The van der Waals surface area contributed by atoms with Gasteiger partial charge in [0.2, 0.25) is 0 Å². The Hall–Kier alpha value is -4.65. The zero-order valence-corrected chi connectivity index (χ0v) is 21.3. The molecule has 0 bridgehead atoms. The Labute approximate surface area is 228 Å². The smallest absolute Gasteiger partial charge is 0.423 e. The van der Waals surface area contributed by atoms with Crippen LogP contribution in [0.2, 0.25) is 0 Å². The lowest BCUT2D eigenvalue weighted by molar-refractivity contribution is 0.0891. The molecule has 4 aromatic carbocycles. The van der Waals surface area contributed by atoms with Gasteiger partial charge < -0.3 is 9.68 Å². The molecule has 1 aromatic heterocycles. The second-order valence-corrected chi connectivity index (χ2v) is 9.37. The van der Waals surface area contributed by atoms with E-state index in [1.165, 1.54) is 0 Å². The molecule has 39 heavy (non-hydrogen) atoms. The molecule has 0 radical (unpaired) electrons. The molecule has 1 aliphatic rings. The summed E-state index contributed by atoms with van der Waals surface area (Å²) in [7, 11) is -1.18. The van der Waals surface area contributed by atoms with Crippen LogP contribution in [0.1, 0.15) is 17.8 Å². The summed E-state index contributed by atoms with van der Waals surface area (Å²) >= 11 is 0. The van der Waals surface area contributed by atoms with Gasteiger partial charge in [0.25, 0.3) is 0 Å². The van der Waals surface area contributed by atoms with Crippen LogP contribution in [0.25, 0.3) is 28.3 Å². The molecule has 1 aliphatic carbocycles. The highest BCUT2D eigenvalue weighted by Gasteiger charge is 2.40. The van der Waals surface area contributed by atoms with E-state index in [-0.39, 0.29) is 0 Å². The average molecular weight is 507 g/mol. The minimum absolute atomic E-state index is 0.435. The van der Waals surface area contributed by atoms with Crippen LogP contribution in [0.3, 0.4) is 0 Å². The van der Waals surface area contributed by atoms with Gasteiger partial charge in [-0.25, -0.2) is 15.0 Å². The Balaban J connectivity index is 1.49. The van der Waals surface area contributed by atoms with Gasteiger partial charge in [-0.05, 0) is 22.7 Å². The third-order valence-electron chi connectivity index (χ3n) is 6.75. The van der Waals surface area contributed by atoms with E-state index < -0.39 is 12.7 Å². The van der Waals surface area contributed by atoms with Gasteiger partial charge in [0.1, 0.15) is 5.60 Å². The molecule has 0 aliphatic heterocycles. The van der Waals surface area contributed by atoms with Gasteiger partial charge in [0.05, 0.1) is 0 Å². The zero-order chi connectivity index (χ0) is 26.5. The highest BCUT2D eigenvalue weighted by molar-refractivity contribution is 6.60. The number of aromatic nitrogens is 3. The van der Waals surface area contributed by atoms with Crippen LogP contribution in [-0.2, 0) is 10.3 Å². The molecule has 5 aromatic rings. The SMILES string of the molecule is OB(OC1(c2nc(-c3ccccc3)nc(-c3ccccc3)n2)C=CC(c2ccccc2)=CC1)c1ccccc1. The first kappa shape index (κ1) is 24.7. The first-order chi connectivity index (χ1) is 19.2. The Morgan fingerprint density at radius 2 is 1.10 bits per heavy atom. The number of hydrogen-bond donors (Lipinski definition) is 1. The highest BCUT2D eigenvalue weighted by Crippen LogP contribution is 2.37. The van der Waals surface area contributed by atoms with Crippen molar-refractivity contribution in [2.75, 3.05) is 0 Å². The fourth-order valence-corrected chi connectivity index (χ4v) is 4.66. The zero-order valence-electron chi connectivity index (χ0n) is 21.3. The highest BCUT2D eigenvalue weighted by atomic mass is 16.5. The monoisotopic (exact) mass is 507 g/mol. The molecule has 1 heterocycles. The molecule has 0 amide bonds. The fraction of sp³-hybridized carbons (Fsp3) is 0.0606. The van der Waals surface area contributed by atoms with Gasteiger partial charge >= 0.3 is 7.12 Å². The molecule has 0 saturated carbocycles. The van der Waals surface area contributed by atoms with Crippen molar-refractivity contribution in [3.05, 3.63) is 151 Å². The van der Waals surface area contributed by atoms with Crippen LogP contribution >= 0.6 is 0 Å². The van der Waals surface area contributed by atoms with Crippen LogP contribution in [-0.4, -0.2) is 27.1 Å². The molecule has 0 spiro atoms. The first-order valence-electron chi connectivity index (χ1n) is 12.9. The molecule has 188 valence electrons. The Kier molecular flexibility index (Phi) is 6.96. The van der Waals surface area contributed by atoms with Gasteiger partial charge in [-0.3, -0.25) is 0 Å². The van der Waals surface area contributed by atoms with E-state index in [4.69, 9.17) is 19.6 Å². The Morgan fingerprint density at radius 3 is 1.59 bits per heavy atom. The normalized spacial score (nSPS) is 16.5. The molecular weight excluding hydrogens is 481 g/mol. The Morgan fingerprint density at radius 1 is 0.615 bits per heavy atom. The Bertz CT molecular complexity index is 1550. The van der Waals surface area contributed by atoms with Crippen LogP contribution in [0.15, 0.2) is 140 Å². The third-order valence-corrected chi connectivity index (χ3v) is 6.75. The summed E-state index contributed by atoms with van der Waals surface area (Å²) in [6.45, 7) is 0. The molecule has 0 saturated heterocycles. The van der Waals surface area contributed by atoms with E-state index in [0.717, 1.165) is 22.3 Å². The molecular formula is C33H26BN3O2. The van der Waals surface area contributed by atoms with Crippen molar-refractivity contribution < 1.29 is 9.68 Å². The van der Waals surface area contributed by atoms with Crippen molar-refractivity contribution in [2.45, 2.75) is 12.0 Å². The lowest BCUT2D eigenvalue weighted by Gasteiger charge is -2.33. The lowest BCUT2D eigenvalue weighted by atomic mass is 9.77. The maximum Gasteiger partial charge on any atom is 0.492 e. The van der Waals surface area contributed by atoms with E-state index in [2.05, 4.69) is 18.2 Å². The third kappa shape index (κ3) is 5.34. The van der Waals surface area contributed by atoms with Crippen molar-refractivity contribution in [1.82, 2.24) is 15.0 Å². The fourth-order valence-electron chi connectivity index (χ4n) is 4.66. The van der Waals surface area contributed by atoms with E-state index in [0.29, 0.717) is 29.4 Å². The number of allylic oxidation sites excluding steroid dienone is 2. The maximum atomic E-state index is 11.2. The van der Waals surface area contributed by atoms with Crippen LogP contribution < -0.4 is 5.46 Å². The van der Waals surface area contributed by atoms with E-state index in [9.17, 15) is 5.02 Å². The average Bonchev–Trinajstić information content (AvgIpc) is 3.03. The second-order valence-electron chi connectivity index (χ2n) is 9.37. The van der Waals surface area contributed by atoms with E-state index in [1.807, 2.05) is 121 Å². The van der Waals surface area contributed by atoms with Crippen molar-refractivity contribution in [3.63, 3.8) is 0 Å². The van der Waals surface area contributed by atoms with Crippen molar-refractivity contribution >= 4 is 18.2 Å². The van der Waals surface area contributed by atoms with Crippen molar-refractivity contribution in [3.8, 4) is 22.8 Å². The topological polar surface area (TPSA) is 68.1 Å². The minimum atomic E-state index is -1.18. The van der Waals surface area contributed by atoms with Gasteiger partial charge in [-0.1, -0.05) is 133 Å². The summed E-state index contributed by atoms with van der Waals surface area (Å²) in [6, 6.07) is 39.2. The molecule has 1 N–H and O–H groups in total. The molecule has 6 heteroatoms. The van der Waals surface area contributed by atoms with Gasteiger partial charge in [-0.2, -0.15) is 0 Å². The van der Waals surface area contributed by atoms with E-state index in [1.54, 1.807) is 0 Å². The lowest BCUT2D eigenvalue weighted by Crippen LogP contribution is -2.43. The van der Waals surface area contributed by atoms with Crippen LogP contribution in [0, 0.1) is 0 Å². The molecule has 6 rings (SSSR count). The summed E-state index contributed by atoms with van der Waals surface area (Å²) in [4.78, 5) is 14.7. The summed E-state index contributed by atoms with van der Waals surface area (Å²) in [5.74, 6) is 1.52. The molecule has 5 nitrogen and oxygen atoms in total. The predicted octanol–water partition coefficient (Wildman–Crippen LogP) is 5.85. The van der Waals surface area contributed by atoms with Crippen molar-refractivity contribution in [1.29, 1.82) is 0 Å². The quantitative estimate of drug-likeness (QED) is 0.280. The van der Waals surface area contributed by atoms with Crippen LogP contribution in [0.4, 0.5) is 0 Å². The second kappa shape index (κ2) is 11.0. The number of rotatable bonds is 7. The largest absolute Gasteiger partial charge is 0.492 e. The number of benzene rings is 4. The van der Waals surface area contributed by atoms with Gasteiger partial charge in [0.15, 0.2) is 17.5 Å². The standard InChI is InChI=1S/C33H26BN3O2/c38-34(29-19-11-4-12-20-29)39-33(23-21-26(22-24-33)25-13-5-1-6-14-25)32-36-30(27-15-7-2-8-16-27)35-31(37-32)28-17-9-3-10-18-28/h1-23,38H,24H2. The molecule has 1 atom stereocenters. The summed E-state index contributed by atoms with van der Waals surface area (Å²) in [5.41, 5.74) is 3.46. The molecule has 0 fully saturated rings. The maximum absolute atomic E-state index is 11.2. The first-order valence-corrected chi connectivity index (χ1v) is 12.9. The summed E-state index contributed by atoms with van der Waals surface area (Å²) in [5, 5.41) is 11.2. The van der Waals surface area contributed by atoms with Crippen LogP contribution in [0.5, 0.6) is 0 Å². The van der Waals surface area contributed by atoms with E-state index >= 15 is 0 Å². The summed E-state index contributed by atoms with van der Waals surface area (Å²) < 4.78 is 6.49. The number of nitrogens with zero attached hydrogens (tertiary/aromatic N) is 3. The van der Waals surface area contributed by atoms with Gasteiger partial charge in [-0.15, -0.1) is 0 Å². The summed E-state index contributed by atoms with van der Waals surface area (Å²) in [6.07, 6.45) is 6.52. The predicted molar refractivity (Wildman–Crippen MR) is 156 cm³/mol. The molecule has 1 unspecified atom stereocenters. The number of hydrogen-bond acceptors (Lipinski definition) is 5.